The van der Waals surface area contributed by atoms with Crippen LogP contribution in [0, 0.1) is 12.7 Å². The molecule has 1 saturated heterocycles. The van der Waals surface area contributed by atoms with Crippen molar-refractivity contribution in [2.75, 3.05) is 32.7 Å². The van der Waals surface area contributed by atoms with Crippen molar-refractivity contribution < 1.29 is 13.7 Å². The second-order valence-electron chi connectivity index (χ2n) is 6.36. The number of carbonyl (C=O) groups excluding carboxylic acids is 1. The van der Waals surface area contributed by atoms with E-state index in [1.165, 1.54) is 12.1 Å². The predicted molar refractivity (Wildman–Crippen MR) is 90.5 cm³/mol. The molecule has 0 spiro atoms. The van der Waals surface area contributed by atoms with E-state index >= 15 is 0 Å². The molecule has 3 rings (SSSR count). The largest absolute Gasteiger partial charge is 0.340 e. The van der Waals surface area contributed by atoms with Gasteiger partial charge in [0.25, 0.3) is 0 Å². The fourth-order valence-corrected chi connectivity index (χ4v) is 3.04. The van der Waals surface area contributed by atoms with Gasteiger partial charge in [-0.3, -0.25) is 9.69 Å². The molecule has 1 amide bonds. The van der Waals surface area contributed by atoms with Gasteiger partial charge >= 0.3 is 0 Å². The fraction of sp³-hybridized carbons (Fsp3) is 0.500. The van der Waals surface area contributed by atoms with Crippen LogP contribution in [0.3, 0.4) is 0 Å². The quantitative estimate of drug-likeness (QED) is 0.799. The maximum Gasteiger partial charge on any atom is 0.230 e. The summed E-state index contributed by atoms with van der Waals surface area (Å²) in [6.45, 7) is 5.91. The standard InChI is InChI=1S/C18H23FN4O2/c1-14-20-17(21-25-14)13-18(24)23-11-9-22(10-12-23)8-2-3-15-4-6-16(19)7-5-15/h4-7H,2-3,8-13H2,1H3. The summed E-state index contributed by atoms with van der Waals surface area (Å²) in [4.78, 5) is 20.6. The Morgan fingerprint density at radius 2 is 1.92 bits per heavy atom. The van der Waals surface area contributed by atoms with Crippen LogP contribution in [0.15, 0.2) is 28.8 Å². The molecule has 1 fully saturated rings. The van der Waals surface area contributed by atoms with E-state index in [2.05, 4.69) is 15.0 Å². The number of aromatic nitrogens is 2. The van der Waals surface area contributed by atoms with Crippen LogP contribution in [-0.4, -0.2) is 58.6 Å². The van der Waals surface area contributed by atoms with Gasteiger partial charge < -0.3 is 9.42 Å². The highest BCUT2D eigenvalue weighted by molar-refractivity contribution is 5.78. The summed E-state index contributed by atoms with van der Waals surface area (Å²) in [6, 6.07) is 6.69. The summed E-state index contributed by atoms with van der Waals surface area (Å²) in [6.07, 6.45) is 2.17. The van der Waals surface area contributed by atoms with E-state index in [-0.39, 0.29) is 18.1 Å². The molecule has 2 aromatic rings. The molecule has 1 aromatic carbocycles. The molecule has 0 saturated carbocycles. The second kappa shape index (κ2) is 8.20. The third-order valence-corrected chi connectivity index (χ3v) is 4.46. The molecule has 1 aliphatic rings. The van der Waals surface area contributed by atoms with Crippen molar-refractivity contribution in [2.24, 2.45) is 0 Å². The highest BCUT2D eigenvalue weighted by atomic mass is 19.1. The molecule has 1 aliphatic heterocycles. The van der Waals surface area contributed by atoms with Crippen molar-refractivity contribution in [3.63, 3.8) is 0 Å². The van der Waals surface area contributed by atoms with Gasteiger partial charge in [0.05, 0.1) is 6.42 Å². The molecule has 7 heteroatoms. The Kier molecular flexibility index (Phi) is 5.75. The summed E-state index contributed by atoms with van der Waals surface area (Å²) in [5.41, 5.74) is 1.16. The maximum atomic E-state index is 12.9. The number of hydrogen-bond donors (Lipinski definition) is 0. The van der Waals surface area contributed by atoms with Crippen molar-refractivity contribution in [1.29, 1.82) is 0 Å². The summed E-state index contributed by atoms with van der Waals surface area (Å²) in [7, 11) is 0. The molecular formula is C18H23FN4O2. The average molecular weight is 346 g/mol. The zero-order chi connectivity index (χ0) is 17.6. The first-order chi connectivity index (χ1) is 12.1. The van der Waals surface area contributed by atoms with Crippen LogP contribution in [0.5, 0.6) is 0 Å². The lowest BCUT2D eigenvalue weighted by atomic mass is 10.1. The number of carbonyl (C=O) groups is 1. The maximum absolute atomic E-state index is 12.9. The predicted octanol–water partition coefficient (Wildman–Crippen LogP) is 1.84. The van der Waals surface area contributed by atoms with E-state index in [1.54, 1.807) is 6.92 Å². The van der Waals surface area contributed by atoms with Gasteiger partial charge in [0, 0.05) is 33.1 Å². The summed E-state index contributed by atoms with van der Waals surface area (Å²) >= 11 is 0. The molecule has 0 N–H and O–H groups in total. The molecular weight excluding hydrogens is 323 g/mol. The molecule has 0 unspecified atom stereocenters. The molecule has 25 heavy (non-hydrogen) atoms. The van der Waals surface area contributed by atoms with Crippen molar-refractivity contribution in [1.82, 2.24) is 19.9 Å². The SMILES string of the molecule is Cc1nc(CC(=O)N2CCN(CCCc3ccc(F)cc3)CC2)no1. The minimum atomic E-state index is -0.194. The minimum Gasteiger partial charge on any atom is -0.340 e. The number of halogens is 1. The Balaban J connectivity index is 1.36. The monoisotopic (exact) mass is 346 g/mol. The Morgan fingerprint density at radius 3 is 2.56 bits per heavy atom. The van der Waals surface area contributed by atoms with Gasteiger partial charge in [-0.25, -0.2) is 4.39 Å². The Hall–Kier alpha value is -2.28. The van der Waals surface area contributed by atoms with Gasteiger partial charge in [0.15, 0.2) is 5.82 Å². The molecule has 134 valence electrons. The number of aryl methyl sites for hydroxylation is 2. The van der Waals surface area contributed by atoms with Crippen molar-refractivity contribution in [3.8, 4) is 0 Å². The first-order valence-corrected chi connectivity index (χ1v) is 8.64. The summed E-state index contributed by atoms with van der Waals surface area (Å²) in [5.74, 6) is 0.783. The average Bonchev–Trinajstić information content (AvgIpc) is 3.02. The molecule has 0 bridgehead atoms. The van der Waals surface area contributed by atoms with E-state index < -0.39 is 0 Å². The Labute approximate surface area is 146 Å². The lowest BCUT2D eigenvalue weighted by molar-refractivity contribution is -0.132. The molecule has 1 aromatic heterocycles. The zero-order valence-electron chi connectivity index (χ0n) is 14.4. The van der Waals surface area contributed by atoms with E-state index in [0.717, 1.165) is 51.1 Å². The smallest absolute Gasteiger partial charge is 0.230 e. The highest BCUT2D eigenvalue weighted by Gasteiger charge is 2.22. The van der Waals surface area contributed by atoms with E-state index in [1.807, 2.05) is 17.0 Å². The van der Waals surface area contributed by atoms with Gasteiger partial charge in [0.1, 0.15) is 5.82 Å². The number of hydrogen-bond acceptors (Lipinski definition) is 5. The molecule has 0 atom stereocenters. The third kappa shape index (κ3) is 5.09. The van der Waals surface area contributed by atoms with Crippen LogP contribution < -0.4 is 0 Å². The van der Waals surface area contributed by atoms with Crippen molar-refractivity contribution in [3.05, 3.63) is 47.4 Å². The van der Waals surface area contributed by atoms with Gasteiger partial charge in [-0.15, -0.1) is 0 Å². The zero-order valence-corrected chi connectivity index (χ0v) is 14.4. The van der Waals surface area contributed by atoms with Gasteiger partial charge in [-0.2, -0.15) is 4.98 Å². The van der Waals surface area contributed by atoms with E-state index in [9.17, 15) is 9.18 Å². The van der Waals surface area contributed by atoms with Crippen molar-refractivity contribution >= 4 is 5.91 Å². The van der Waals surface area contributed by atoms with Crippen LogP contribution in [-0.2, 0) is 17.6 Å². The first kappa shape index (κ1) is 17.5. The first-order valence-electron chi connectivity index (χ1n) is 8.64. The van der Waals surface area contributed by atoms with Gasteiger partial charge in [-0.1, -0.05) is 17.3 Å². The number of nitrogens with zero attached hydrogens (tertiary/aromatic N) is 4. The lowest BCUT2D eigenvalue weighted by Crippen LogP contribution is -2.49. The van der Waals surface area contributed by atoms with Gasteiger partial charge in [-0.05, 0) is 37.1 Å². The lowest BCUT2D eigenvalue weighted by Gasteiger charge is -2.34. The van der Waals surface area contributed by atoms with Crippen LogP contribution in [0.4, 0.5) is 4.39 Å². The van der Waals surface area contributed by atoms with Crippen LogP contribution in [0.1, 0.15) is 23.7 Å². The summed E-state index contributed by atoms with van der Waals surface area (Å²) in [5, 5.41) is 3.77. The second-order valence-corrected chi connectivity index (χ2v) is 6.36. The molecule has 0 radical (unpaired) electrons. The number of piperazine rings is 1. The summed E-state index contributed by atoms with van der Waals surface area (Å²) < 4.78 is 17.8. The number of amides is 1. The van der Waals surface area contributed by atoms with Crippen molar-refractivity contribution in [2.45, 2.75) is 26.2 Å². The Morgan fingerprint density at radius 1 is 1.20 bits per heavy atom. The topological polar surface area (TPSA) is 62.5 Å². The third-order valence-electron chi connectivity index (χ3n) is 4.46. The van der Waals surface area contributed by atoms with E-state index in [0.29, 0.717) is 11.7 Å². The minimum absolute atomic E-state index is 0.0479. The van der Waals surface area contributed by atoms with E-state index in [4.69, 9.17) is 4.52 Å². The fourth-order valence-electron chi connectivity index (χ4n) is 3.04. The van der Waals surface area contributed by atoms with Crippen LogP contribution in [0.25, 0.3) is 0 Å². The normalized spacial score (nSPS) is 15.5. The molecule has 6 nitrogen and oxygen atoms in total. The van der Waals surface area contributed by atoms with Gasteiger partial charge in [0.2, 0.25) is 11.8 Å². The Bertz CT molecular complexity index is 693. The highest BCUT2D eigenvalue weighted by Crippen LogP contribution is 2.09. The number of rotatable bonds is 6. The molecule has 2 heterocycles. The number of benzene rings is 1. The van der Waals surface area contributed by atoms with Crippen LogP contribution >= 0.6 is 0 Å². The van der Waals surface area contributed by atoms with Crippen LogP contribution in [0.2, 0.25) is 0 Å². The molecule has 0 aliphatic carbocycles.